The summed E-state index contributed by atoms with van der Waals surface area (Å²) in [5.41, 5.74) is 12.4. The Morgan fingerprint density at radius 2 is 0.574 bits per heavy atom. The van der Waals surface area contributed by atoms with Crippen LogP contribution in [0.2, 0.25) is 0 Å². The molecule has 2 nitrogen and oxygen atoms in total. The third-order valence-electron chi connectivity index (χ3n) is 10.5. The van der Waals surface area contributed by atoms with Crippen molar-refractivity contribution in [1.82, 2.24) is 0 Å². The summed E-state index contributed by atoms with van der Waals surface area (Å²) in [6.45, 7) is 0. The molecule has 0 bridgehead atoms. The highest BCUT2D eigenvalue weighted by molar-refractivity contribution is 6.24. The monoisotopic (exact) mass is 689 g/mol. The Labute approximate surface area is 314 Å². The molecule has 0 spiro atoms. The van der Waals surface area contributed by atoms with E-state index in [2.05, 4.69) is 217 Å². The maximum atomic E-state index is 6.67. The topological polar surface area (TPSA) is 16.4 Å². The van der Waals surface area contributed by atoms with E-state index >= 15 is 0 Å². The van der Waals surface area contributed by atoms with Crippen molar-refractivity contribution in [2.45, 2.75) is 0 Å². The number of nitrogens with zero attached hydrogens (tertiary/aromatic N) is 1. The van der Waals surface area contributed by atoms with Gasteiger partial charge in [-0.25, -0.2) is 0 Å². The van der Waals surface area contributed by atoms with E-state index < -0.39 is 0 Å². The van der Waals surface area contributed by atoms with E-state index in [0.29, 0.717) is 0 Å². The summed E-state index contributed by atoms with van der Waals surface area (Å²) in [5.74, 6) is 0.861. The summed E-state index contributed by atoms with van der Waals surface area (Å²) >= 11 is 0. The van der Waals surface area contributed by atoms with Crippen LogP contribution in [0.25, 0.3) is 77.2 Å². The lowest BCUT2D eigenvalue weighted by Gasteiger charge is -2.26. The molecule has 10 rings (SSSR count). The van der Waals surface area contributed by atoms with Gasteiger partial charge >= 0.3 is 0 Å². The fourth-order valence-corrected chi connectivity index (χ4v) is 7.75. The van der Waals surface area contributed by atoms with Crippen LogP contribution in [0.4, 0.5) is 17.1 Å². The summed E-state index contributed by atoms with van der Waals surface area (Å²) in [7, 11) is 0. The molecule has 54 heavy (non-hydrogen) atoms. The maximum absolute atomic E-state index is 6.67. The normalized spacial score (nSPS) is 11.3. The van der Waals surface area contributed by atoms with Crippen LogP contribution in [0.5, 0.6) is 0 Å². The Morgan fingerprint density at radius 1 is 0.259 bits per heavy atom. The molecule has 10 aromatic rings. The number of anilines is 3. The summed E-state index contributed by atoms with van der Waals surface area (Å²) < 4.78 is 6.67. The lowest BCUT2D eigenvalue weighted by Crippen LogP contribution is -2.09. The number of rotatable bonds is 7. The number of fused-ring (bicyclic) bond motifs is 6. The zero-order valence-corrected chi connectivity index (χ0v) is 29.6. The van der Waals surface area contributed by atoms with Gasteiger partial charge in [0, 0.05) is 33.4 Å². The van der Waals surface area contributed by atoms with Crippen LogP contribution in [-0.2, 0) is 0 Å². The van der Waals surface area contributed by atoms with Crippen molar-refractivity contribution in [1.29, 1.82) is 0 Å². The second-order valence-electron chi connectivity index (χ2n) is 13.7. The number of furan rings is 1. The van der Waals surface area contributed by atoms with E-state index in [1.54, 1.807) is 0 Å². The van der Waals surface area contributed by atoms with Crippen molar-refractivity contribution in [3.05, 3.63) is 212 Å². The molecule has 0 amide bonds. The largest absolute Gasteiger partial charge is 0.455 e. The average molecular weight is 690 g/mol. The molecule has 0 aliphatic heterocycles. The van der Waals surface area contributed by atoms with Crippen molar-refractivity contribution < 1.29 is 4.42 Å². The van der Waals surface area contributed by atoms with Gasteiger partial charge in [-0.1, -0.05) is 158 Å². The highest BCUT2D eigenvalue weighted by Crippen LogP contribution is 2.41. The Kier molecular flexibility index (Phi) is 7.85. The first kappa shape index (κ1) is 31.6. The van der Waals surface area contributed by atoms with E-state index in [4.69, 9.17) is 4.42 Å². The number of benzene rings is 9. The van der Waals surface area contributed by atoms with Gasteiger partial charge in [0.2, 0.25) is 0 Å². The molecule has 0 unspecified atom stereocenters. The molecule has 0 aliphatic rings. The minimum Gasteiger partial charge on any atom is -0.455 e. The summed E-state index contributed by atoms with van der Waals surface area (Å²) in [4.78, 5) is 2.32. The van der Waals surface area contributed by atoms with E-state index in [9.17, 15) is 0 Å². The van der Waals surface area contributed by atoms with Gasteiger partial charge in [0.1, 0.15) is 11.3 Å². The van der Waals surface area contributed by atoms with E-state index in [1.165, 1.54) is 49.5 Å². The molecule has 9 aromatic carbocycles. The SMILES string of the molecule is c1ccc(-c2ccc(-c3ccc(N(c4ccc(-c5ccccc5)cc4)c4ccc(-c5cc6c7ccccc7c7ccccc7c6o5)cc4)cc3)cc2)cc1. The highest BCUT2D eigenvalue weighted by atomic mass is 16.3. The molecule has 0 fully saturated rings. The molecule has 254 valence electrons. The van der Waals surface area contributed by atoms with Gasteiger partial charge in [-0.3, -0.25) is 0 Å². The Morgan fingerprint density at radius 3 is 1.02 bits per heavy atom. The quantitative estimate of drug-likeness (QED) is 0.155. The molecule has 0 saturated carbocycles. The van der Waals surface area contributed by atoms with E-state index in [1.807, 2.05) is 0 Å². The van der Waals surface area contributed by atoms with Gasteiger partial charge in [0.25, 0.3) is 0 Å². The third kappa shape index (κ3) is 5.71. The van der Waals surface area contributed by atoms with Gasteiger partial charge in [-0.05, 0) is 104 Å². The predicted octanol–water partition coefficient (Wildman–Crippen LogP) is 14.9. The molecule has 0 radical (unpaired) electrons. The van der Waals surface area contributed by atoms with Crippen LogP contribution in [0.3, 0.4) is 0 Å². The lowest BCUT2D eigenvalue weighted by molar-refractivity contribution is 0.635. The van der Waals surface area contributed by atoms with Gasteiger partial charge < -0.3 is 9.32 Å². The van der Waals surface area contributed by atoms with E-state index in [-0.39, 0.29) is 0 Å². The summed E-state index contributed by atoms with van der Waals surface area (Å²) in [5, 5.41) is 5.93. The van der Waals surface area contributed by atoms with Crippen LogP contribution in [0.1, 0.15) is 0 Å². The average Bonchev–Trinajstić information content (AvgIpc) is 3.72. The third-order valence-corrected chi connectivity index (χ3v) is 10.5. The van der Waals surface area contributed by atoms with Crippen molar-refractivity contribution in [3.63, 3.8) is 0 Å². The van der Waals surface area contributed by atoms with Crippen LogP contribution >= 0.6 is 0 Å². The zero-order valence-electron chi connectivity index (χ0n) is 29.6. The van der Waals surface area contributed by atoms with Gasteiger partial charge in [0.15, 0.2) is 0 Å². The van der Waals surface area contributed by atoms with Gasteiger partial charge in [-0.15, -0.1) is 0 Å². The number of hydrogen-bond donors (Lipinski definition) is 0. The summed E-state index contributed by atoms with van der Waals surface area (Å²) in [6, 6.07) is 75.6. The predicted molar refractivity (Wildman–Crippen MR) is 228 cm³/mol. The number of hydrogen-bond acceptors (Lipinski definition) is 2. The molecule has 0 atom stereocenters. The first-order valence-corrected chi connectivity index (χ1v) is 18.4. The highest BCUT2D eigenvalue weighted by Gasteiger charge is 2.17. The second-order valence-corrected chi connectivity index (χ2v) is 13.7. The molecule has 0 N–H and O–H groups in total. The zero-order chi connectivity index (χ0) is 35.8. The molecule has 1 aromatic heterocycles. The first-order chi connectivity index (χ1) is 26.8. The Balaban J connectivity index is 1.02. The second kappa shape index (κ2) is 13.4. The minimum absolute atomic E-state index is 0.861. The Bertz CT molecular complexity index is 2800. The Hall–Kier alpha value is -7.16. The molecular formula is C52H35NO. The van der Waals surface area contributed by atoms with Crippen LogP contribution in [0, 0.1) is 0 Å². The van der Waals surface area contributed by atoms with Gasteiger partial charge in [-0.2, -0.15) is 0 Å². The fraction of sp³-hybridized carbons (Fsp3) is 0. The van der Waals surface area contributed by atoms with Gasteiger partial charge in [0.05, 0.1) is 0 Å². The minimum atomic E-state index is 0.861. The van der Waals surface area contributed by atoms with Crippen molar-refractivity contribution >= 4 is 49.6 Å². The molecule has 1 heterocycles. The van der Waals surface area contributed by atoms with E-state index in [0.717, 1.165) is 44.7 Å². The smallest absolute Gasteiger partial charge is 0.143 e. The maximum Gasteiger partial charge on any atom is 0.143 e. The van der Waals surface area contributed by atoms with Crippen molar-refractivity contribution in [3.8, 4) is 44.7 Å². The van der Waals surface area contributed by atoms with Crippen molar-refractivity contribution in [2.24, 2.45) is 0 Å². The first-order valence-electron chi connectivity index (χ1n) is 18.4. The molecule has 0 aliphatic carbocycles. The van der Waals surface area contributed by atoms with Crippen LogP contribution < -0.4 is 4.90 Å². The standard InChI is InChI=1S/C52H35NO/c1-3-11-36(12-4-1)38-19-21-39(22-20-38)41-25-31-44(32-26-41)53(43-29-23-40(24-30-43)37-13-5-2-6-14-37)45-33-27-42(28-34-45)51-35-50-48-17-8-7-15-46(48)47-16-9-10-18-49(47)52(50)54-51/h1-35H. The van der Waals surface area contributed by atoms with Crippen LogP contribution in [0.15, 0.2) is 217 Å². The van der Waals surface area contributed by atoms with Crippen molar-refractivity contribution in [2.75, 3.05) is 4.90 Å². The summed E-state index contributed by atoms with van der Waals surface area (Å²) in [6.07, 6.45) is 0. The van der Waals surface area contributed by atoms with Crippen LogP contribution in [-0.4, -0.2) is 0 Å². The molecule has 0 saturated heterocycles. The molecule has 2 heteroatoms. The molecular weight excluding hydrogens is 655 g/mol. The lowest BCUT2D eigenvalue weighted by atomic mass is 9.98. The fourth-order valence-electron chi connectivity index (χ4n) is 7.75.